The first-order chi connectivity index (χ1) is 12.9. The molecule has 4 rings (SSSR count). The van der Waals surface area contributed by atoms with Gasteiger partial charge in [-0.15, -0.1) is 0 Å². The molecule has 0 aromatic rings. The average Bonchev–Trinajstić information content (AvgIpc) is 3.00. The molecule has 7 unspecified atom stereocenters. The molecular formula is C22H35NO3S. The van der Waals surface area contributed by atoms with Crippen molar-refractivity contribution in [1.82, 2.24) is 5.32 Å². The van der Waals surface area contributed by atoms with Gasteiger partial charge in [0.05, 0.1) is 7.11 Å². The van der Waals surface area contributed by atoms with Gasteiger partial charge in [0.2, 0.25) is 5.91 Å². The number of esters is 1. The molecule has 0 radical (unpaired) electrons. The predicted molar refractivity (Wildman–Crippen MR) is 110 cm³/mol. The van der Waals surface area contributed by atoms with Gasteiger partial charge in [-0.1, -0.05) is 19.9 Å². The van der Waals surface area contributed by atoms with E-state index in [0.717, 1.165) is 18.8 Å². The highest BCUT2D eigenvalue weighted by molar-refractivity contribution is 7.79. The van der Waals surface area contributed by atoms with Crippen molar-refractivity contribution in [2.24, 2.45) is 34.5 Å². The maximum absolute atomic E-state index is 11.9. The van der Waals surface area contributed by atoms with E-state index in [9.17, 15) is 9.59 Å². The largest absolute Gasteiger partial charge is 0.469 e. The number of carbonyl (C=O) groups excluding carboxylic acids is 2. The third kappa shape index (κ3) is 3.34. The van der Waals surface area contributed by atoms with Gasteiger partial charge in [0.1, 0.15) is 0 Å². The Balaban J connectivity index is 0.00000102. The second-order valence-corrected chi connectivity index (χ2v) is 9.31. The average molecular weight is 394 g/mol. The Hall–Kier alpha value is -0.970. The van der Waals surface area contributed by atoms with Crippen LogP contribution in [0.15, 0.2) is 12.2 Å². The minimum absolute atomic E-state index is 0.0532. The molecule has 7 atom stereocenters. The van der Waals surface area contributed by atoms with Crippen molar-refractivity contribution in [1.29, 1.82) is 0 Å². The molecule has 3 fully saturated rings. The van der Waals surface area contributed by atoms with E-state index in [4.69, 9.17) is 4.74 Å². The number of hydrogen-bond donors (Lipinski definition) is 2. The first kappa shape index (κ1) is 20.8. The number of fused-ring (bicyclic) bond motifs is 5. The Bertz CT molecular complexity index is 621. The molecule has 0 bridgehead atoms. The van der Waals surface area contributed by atoms with Crippen LogP contribution in [0.25, 0.3) is 0 Å². The highest BCUT2D eigenvalue weighted by Crippen LogP contribution is 2.65. The molecule has 3 aliphatic carbocycles. The summed E-state index contributed by atoms with van der Waals surface area (Å²) in [6.45, 7) is 4.79. The van der Waals surface area contributed by atoms with Crippen LogP contribution in [-0.4, -0.2) is 31.3 Å². The summed E-state index contributed by atoms with van der Waals surface area (Å²) in [5.41, 5.74) is 0.374. The molecule has 5 heteroatoms. The predicted octanol–water partition coefficient (Wildman–Crippen LogP) is 4.01. The van der Waals surface area contributed by atoms with Gasteiger partial charge in [0.15, 0.2) is 0 Å². The summed E-state index contributed by atoms with van der Waals surface area (Å²) >= 11 is 3.53. The maximum atomic E-state index is 11.9. The smallest absolute Gasteiger partial charge is 0.305 e. The van der Waals surface area contributed by atoms with Crippen LogP contribution in [0.4, 0.5) is 0 Å². The van der Waals surface area contributed by atoms with Gasteiger partial charge in [-0.05, 0) is 79.9 Å². The van der Waals surface area contributed by atoms with Crippen molar-refractivity contribution in [3.63, 3.8) is 0 Å². The van der Waals surface area contributed by atoms with Crippen LogP contribution in [0.1, 0.15) is 58.8 Å². The zero-order valence-electron chi connectivity index (χ0n) is 17.2. The SMILES string of the molecule is COC(=O)CC1CCC2C3CCC4NC(=O)C=CC4(C)C3CCC12C.CS. The first-order valence-electron chi connectivity index (χ1n) is 10.4. The van der Waals surface area contributed by atoms with Crippen molar-refractivity contribution in [2.45, 2.75) is 64.8 Å². The number of amides is 1. The minimum atomic E-state index is -0.0532. The van der Waals surface area contributed by atoms with Gasteiger partial charge >= 0.3 is 5.97 Å². The van der Waals surface area contributed by atoms with Gasteiger partial charge < -0.3 is 10.1 Å². The lowest BCUT2D eigenvalue weighted by atomic mass is 9.48. The van der Waals surface area contributed by atoms with E-state index in [-0.39, 0.29) is 22.7 Å². The number of thiol groups is 1. The molecule has 0 aromatic heterocycles. The van der Waals surface area contributed by atoms with Gasteiger partial charge in [0.25, 0.3) is 0 Å². The number of rotatable bonds is 2. The van der Waals surface area contributed by atoms with Crippen LogP contribution in [0.5, 0.6) is 0 Å². The molecule has 0 saturated heterocycles. The Morgan fingerprint density at radius 2 is 1.93 bits per heavy atom. The Morgan fingerprint density at radius 3 is 2.63 bits per heavy atom. The van der Waals surface area contributed by atoms with Crippen molar-refractivity contribution in [3.8, 4) is 0 Å². The fourth-order valence-electron chi connectivity index (χ4n) is 7.06. The van der Waals surface area contributed by atoms with Crippen LogP contribution in [0, 0.1) is 34.5 Å². The lowest BCUT2D eigenvalue weighted by Crippen LogP contribution is -2.59. The van der Waals surface area contributed by atoms with E-state index in [1.54, 1.807) is 12.3 Å². The number of methoxy groups -OCH3 is 1. The van der Waals surface area contributed by atoms with Crippen LogP contribution < -0.4 is 5.32 Å². The molecule has 4 nitrogen and oxygen atoms in total. The number of nitrogens with one attached hydrogen (secondary N) is 1. The number of hydrogen-bond acceptors (Lipinski definition) is 4. The molecule has 152 valence electrons. The van der Waals surface area contributed by atoms with Crippen LogP contribution >= 0.6 is 12.6 Å². The summed E-state index contributed by atoms with van der Waals surface area (Å²) < 4.78 is 4.95. The van der Waals surface area contributed by atoms with Crippen molar-refractivity contribution >= 4 is 24.5 Å². The van der Waals surface area contributed by atoms with Crippen molar-refractivity contribution in [2.75, 3.05) is 13.4 Å². The summed E-state index contributed by atoms with van der Waals surface area (Å²) in [5.74, 6) is 2.58. The zero-order valence-corrected chi connectivity index (χ0v) is 18.1. The second-order valence-electron chi connectivity index (χ2n) is 9.31. The topological polar surface area (TPSA) is 55.4 Å². The monoisotopic (exact) mass is 393 g/mol. The quantitative estimate of drug-likeness (QED) is 0.550. The molecule has 27 heavy (non-hydrogen) atoms. The lowest BCUT2D eigenvalue weighted by molar-refractivity contribution is -0.143. The molecular weight excluding hydrogens is 358 g/mol. The normalized spacial score (nSPS) is 44.8. The maximum Gasteiger partial charge on any atom is 0.305 e. The van der Waals surface area contributed by atoms with Crippen LogP contribution in [-0.2, 0) is 14.3 Å². The van der Waals surface area contributed by atoms with E-state index < -0.39 is 0 Å². The number of carbonyl (C=O) groups is 2. The highest BCUT2D eigenvalue weighted by atomic mass is 32.1. The third-order valence-electron chi connectivity index (χ3n) is 8.52. The lowest BCUT2D eigenvalue weighted by Gasteiger charge is -2.58. The van der Waals surface area contributed by atoms with Gasteiger partial charge in [-0.25, -0.2) is 0 Å². The fourth-order valence-corrected chi connectivity index (χ4v) is 7.06. The standard InChI is InChI=1S/C21H31NO3.CH4S/c1-20-10-8-16-14(15(20)6-4-13(20)12-19(24)25-3)5-7-17-21(16,2)11-9-18(23)22-17;1-2/h9,11,13-17H,4-8,10,12H2,1-3H3,(H,22,23);2H,1H3. The highest BCUT2D eigenvalue weighted by Gasteiger charge is 2.59. The molecule has 1 N–H and O–H groups in total. The van der Waals surface area contributed by atoms with Crippen LogP contribution in [0.3, 0.4) is 0 Å². The molecule has 0 aromatic carbocycles. The van der Waals surface area contributed by atoms with Crippen molar-refractivity contribution < 1.29 is 14.3 Å². The molecule has 3 saturated carbocycles. The summed E-state index contributed by atoms with van der Waals surface area (Å²) in [4.78, 5) is 23.7. The van der Waals surface area contributed by atoms with Crippen LogP contribution in [0.2, 0.25) is 0 Å². The van der Waals surface area contributed by atoms with E-state index in [1.807, 2.05) is 0 Å². The molecule has 1 aliphatic heterocycles. The molecule has 0 spiro atoms. The summed E-state index contributed by atoms with van der Waals surface area (Å²) in [5, 5.41) is 3.22. The zero-order chi connectivity index (χ0) is 19.8. The minimum Gasteiger partial charge on any atom is -0.469 e. The van der Waals surface area contributed by atoms with E-state index in [0.29, 0.717) is 30.2 Å². The Kier molecular flexibility index (Phi) is 6.00. The number of ether oxygens (including phenoxy) is 1. The summed E-state index contributed by atoms with van der Waals surface area (Å²) in [6.07, 6.45) is 13.3. The Labute approximate surface area is 169 Å². The summed E-state index contributed by atoms with van der Waals surface area (Å²) in [6, 6.07) is 0.294. The molecule has 1 heterocycles. The molecule has 1 amide bonds. The molecule has 4 aliphatic rings. The van der Waals surface area contributed by atoms with Gasteiger partial charge in [0, 0.05) is 17.9 Å². The van der Waals surface area contributed by atoms with E-state index >= 15 is 0 Å². The second kappa shape index (κ2) is 7.81. The third-order valence-corrected chi connectivity index (χ3v) is 8.52. The van der Waals surface area contributed by atoms with Gasteiger partial charge in [-0.2, -0.15) is 12.6 Å². The summed E-state index contributed by atoms with van der Waals surface area (Å²) in [7, 11) is 1.50. The van der Waals surface area contributed by atoms with E-state index in [1.165, 1.54) is 32.8 Å². The van der Waals surface area contributed by atoms with E-state index in [2.05, 4.69) is 37.9 Å². The van der Waals surface area contributed by atoms with Crippen molar-refractivity contribution in [3.05, 3.63) is 12.2 Å². The first-order valence-corrected chi connectivity index (χ1v) is 11.3. The Morgan fingerprint density at radius 1 is 1.19 bits per heavy atom. The van der Waals surface area contributed by atoms with Gasteiger partial charge in [-0.3, -0.25) is 9.59 Å². The fraction of sp³-hybridized carbons (Fsp3) is 0.818.